The zero-order valence-corrected chi connectivity index (χ0v) is 12.2. The first-order chi connectivity index (χ1) is 9.10. The molecule has 0 atom stereocenters. The van der Waals surface area contributed by atoms with Crippen LogP contribution in [0.3, 0.4) is 0 Å². The fraction of sp³-hybridized carbons (Fsp3) is 0.846. The number of rotatable bonds is 4. The van der Waals surface area contributed by atoms with Crippen molar-refractivity contribution in [1.82, 2.24) is 15.1 Å². The molecule has 0 bridgehead atoms. The average Bonchev–Trinajstić information content (AvgIpc) is 2.37. The second-order valence-electron chi connectivity index (χ2n) is 5.62. The fourth-order valence-electron chi connectivity index (χ4n) is 2.65. The Hall–Kier alpha value is -0.810. The number of amides is 2. The van der Waals surface area contributed by atoms with Crippen LogP contribution in [0.1, 0.15) is 12.8 Å². The van der Waals surface area contributed by atoms with E-state index in [0.29, 0.717) is 12.5 Å². The number of hydrogen-bond acceptors (Lipinski definition) is 3. The third kappa shape index (κ3) is 3.83. The lowest BCUT2D eigenvalue weighted by atomic mass is 9.95. The van der Waals surface area contributed by atoms with E-state index in [1.165, 1.54) is 0 Å². The molecule has 2 amide bonds. The van der Waals surface area contributed by atoms with Crippen LogP contribution in [0.5, 0.6) is 0 Å². The van der Waals surface area contributed by atoms with Gasteiger partial charge in [0.05, 0.1) is 0 Å². The Labute approximate surface area is 119 Å². The van der Waals surface area contributed by atoms with Crippen LogP contribution >= 0.6 is 11.6 Å². The molecular formula is C13H22ClN3O2. The van der Waals surface area contributed by atoms with Gasteiger partial charge in [0.25, 0.3) is 0 Å². The molecule has 5 nitrogen and oxygen atoms in total. The molecule has 0 radical (unpaired) electrons. The van der Waals surface area contributed by atoms with Crippen LogP contribution in [0.4, 0.5) is 0 Å². The van der Waals surface area contributed by atoms with Gasteiger partial charge in [-0.05, 0) is 33.0 Å². The first-order valence-corrected chi connectivity index (χ1v) is 7.43. The van der Waals surface area contributed by atoms with Crippen molar-refractivity contribution in [2.45, 2.75) is 12.8 Å². The topological polar surface area (TPSA) is 52.7 Å². The standard InChI is InChI=1S/C13H22ClN3O2/c1-16-4-2-11(3-5-16)13(19)15-7-10-8-17(9-10)12(18)6-14/h10-11H,2-9H2,1H3,(H,15,19). The molecule has 1 N–H and O–H groups in total. The highest BCUT2D eigenvalue weighted by atomic mass is 35.5. The second-order valence-corrected chi connectivity index (χ2v) is 5.89. The van der Waals surface area contributed by atoms with E-state index in [0.717, 1.165) is 39.0 Å². The largest absolute Gasteiger partial charge is 0.355 e. The molecule has 2 aliphatic heterocycles. The smallest absolute Gasteiger partial charge is 0.237 e. The maximum absolute atomic E-state index is 12.0. The monoisotopic (exact) mass is 287 g/mol. The predicted octanol–water partition coefficient (Wildman–Crippen LogP) is 0.142. The van der Waals surface area contributed by atoms with Crippen LogP contribution < -0.4 is 5.32 Å². The Morgan fingerprint density at radius 3 is 2.47 bits per heavy atom. The van der Waals surface area contributed by atoms with Gasteiger partial charge in [-0.15, -0.1) is 11.6 Å². The van der Waals surface area contributed by atoms with Gasteiger partial charge in [-0.2, -0.15) is 0 Å². The highest BCUT2D eigenvalue weighted by molar-refractivity contribution is 6.27. The molecule has 2 rings (SSSR count). The van der Waals surface area contributed by atoms with Gasteiger partial charge in [0, 0.05) is 31.5 Å². The number of nitrogens with one attached hydrogen (secondary N) is 1. The lowest BCUT2D eigenvalue weighted by Crippen LogP contribution is -2.54. The fourth-order valence-corrected chi connectivity index (χ4v) is 2.82. The van der Waals surface area contributed by atoms with Crippen molar-refractivity contribution in [3.63, 3.8) is 0 Å². The lowest BCUT2D eigenvalue weighted by molar-refractivity contribution is -0.134. The maximum Gasteiger partial charge on any atom is 0.237 e. The molecule has 6 heteroatoms. The number of halogens is 1. The minimum atomic E-state index is -0.0143. The van der Waals surface area contributed by atoms with Crippen molar-refractivity contribution >= 4 is 23.4 Å². The van der Waals surface area contributed by atoms with Crippen LogP contribution in [0.25, 0.3) is 0 Å². The summed E-state index contributed by atoms with van der Waals surface area (Å²) in [4.78, 5) is 27.2. The average molecular weight is 288 g/mol. The van der Waals surface area contributed by atoms with Crippen LogP contribution in [-0.2, 0) is 9.59 Å². The molecule has 0 aromatic rings. The number of carbonyl (C=O) groups excluding carboxylic acids is 2. The van der Waals surface area contributed by atoms with Crippen molar-refractivity contribution in [2.75, 3.05) is 45.7 Å². The molecule has 0 aromatic carbocycles. The van der Waals surface area contributed by atoms with Gasteiger partial charge < -0.3 is 15.1 Å². The number of likely N-dealkylation sites (tertiary alicyclic amines) is 2. The highest BCUT2D eigenvalue weighted by Gasteiger charge is 2.31. The van der Waals surface area contributed by atoms with Crippen molar-refractivity contribution < 1.29 is 9.59 Å². The molecule has 0 spiro atoms. The van der Waals surface area contributed by atoms with E-state index in [2.05, 4.69) is 17.3 Å². The summed E-state index contributed by atoms with van der Waals surface area (Å²) >= 11 is 5.48. The third-order valence-corrected chi connectivity index (χ3v) is 4.31. The van der Waals surface area contributed by atoms with Crippen molar-refractivity contribution in [2.24, 2.45) is 11.8 Å². The zero-order valence-electron chi connectivity index (χ0n) is 11.4. The molecule has 2 fully saturated rings. The first kappa shape index (κ1) is 14.6. The number of nitrogens with zero attached hydrogens (tertiary/aromatic N) is 2. The van der Waals surface area contributed by atoms with Crippen LogP contribution in [0.2, 0.25) is 0 Å². The molecule has 2 aliphatic rings. The number of hydrogen-bond donors (Lipinski definition) is 1. The maximum atomic E-state index is 12.0. The summed E-state index contributed by atoms with van der Waals surface area (Å²) in [5.41, 5.74) is 0. The Morgan fingerprint density at radius 2 is 1.89 bits per heavy atom. The Balaban J connectivity index is 1.61. The minimum Gasteiger partial charge on any atom is -0.355 e. The van der Waals surface area contributed by atoms with Crippen molar-refractivity contribution in [3.05, 3.63) is 0 Å². The van der Waals surface area contributed by atoms with Crippen LogP contribution in [0.15, 0.2) is 0 Å². The summed E-state index contributed by atoms with van der Waals surface area (Å²) in [5.74, 6) is 0.767. The quantitative estimate of drug-likeness (QED) is 0.749. The molecule has 2 saturated heterocycles. The number of carbonyl (C=O) groups is 2. The molecule has 2 heterocycles. The summed E-state index contributed by atoms with van der Waals surface area (Å²) in [6, 6.07) is 0. The molecule has 108 valence electrons. The molecule has 0 unspecified atom stereocenters. The minimum absolute atomic E-state index is 0.0143. The summed E-state index contributed by atoms with van der Waals surface area (Å²) in [7, 11) is 2.09. The Bertz CT molecular complexity index is 337. The number of alkyl halides is 1. The highest BCUT2D eigenvalue weighted by Crippen LogP contribution is 2.18. The van der Waals surface area contributed by atoms with E-state index in [1.807, 2.05) is 0 Å². The van der Waals surface area contributed by atoms with E-state index in [-0.39, 0.29) is 23.6 Å². The van der Waals surface area contributed by atoms with Gasteiger partial charge in [0.1, 0.15) is 5.88 Å². The van der Waals surface area contributed by atoms with Crippen LogP contribution in [-0.4, -0.2) is 67.3 Å². The normalized spacial score (nSPS) is 22.1. The predicted molar refractivity (Wildman–Crippen MR) is 74.0 cm³/mol. The lowest BCUT2D eigenvalue weighted by Gasteiger charge is -2.39. The first-order valence-electron chi connectivity index (χ1n) is 6.90. The van der Waals surface area contributed by atoms with Gasteiger partial charge >= 0.3 is 0 Å². The molecule has 0 aliphatic carbocycles. The van der Waals surface area contributed by atoms with E-state index in [1.54, 1.807) is 4.90 Å². The molecule has 0 saturated carbocycles. The molecule has 19 heavy (non-hydrogen) atoms. The van der Waals surface area contributed by atoms with Crippen molar-refractivity contribution in [1.29, 1.82) is 0 Å². The summed E-state index contributed by atoms with van der Waals surface area (Å²) < 4.78 is 0. The van der Waals surface area contributed by atoms with Crippen LogP contribution in [0, 0.1) is 11.8 Å². The van der Waals surface area contributed by atoms with Crippen molar-refractivity contribution in [3.8, 4) is 0 Å². The summed E-state index contributed by atoms with van der Waals surface area (Å²) in [6.07, 6.45) is 1.90. The zero-order chi connectivity index (χ0) is 13.8. The Morgan fingerprint density at radius 1 is 1.26 bits per heavy atom. The van der Waals surface area contributed by atoms with Gasteiger partial charge in [0.2, 0.25) is 11.8 Å². The summed E-state index contributed by atoms with van der Waals surface area (Å²) in [6.45, 7) is 4.12. The van der Waals surface area contributed by atoms with E-state index >= 15 is 0 Å². The van der Waals surface area contributed by atoms with Gasteiger partial charge in [-0.1, -0.05) is 0 Å². The molecular weight excluding hydrogens is 266 g/mol. The van der Waals surface area contributed by atoms with Gasteiger partial charge in [-0.3, -0.25) is 9.59 Å². The third-order valence-electron chi connectivity index (χ3n) is 4.08. The Kier molecular flexibility index (Phi) is 5.05. The number of piperidine rings is 1. The van der Waals surface area contributed by atoms with Gasteiger partial charge in [0.15, 0.2) is 0 Å². The van der Waals surface area contributed by atoms with E-state index in [4.69, 9.17) is 11.6 Å². The van der Waals surface area contributed by atoms with E-state index in [9.17, 15) is 9.59 Å². The second kappa shape index (κ2) is 6.57. The van der Waals surface area contributed by atoms with Gasteiger partial charge in [-0.25, -0.2) is 0 Å². The molecule has 0 aromatic heterocycles. The van der Waals surface area contributed by atoms with E-state index < -0.39 is 0 Å². The SMILES string of the molecule is CN1CCC(C(=O)NCC2CN(C(=O)CCl)C2)CC1. The summed E-state index contributed by atoms with van der Waals surface area (Å²) in [5, 5.41) is 3.02.